The first-order chi connectivity index (χ1) is 10.2. The van der Waals surface area contributed by atoms with Crippen molar-refractivity contribution < 1.29 is 9.18 Å². The van der Waals surface area contributed by atoms with Crippen LogP contribution in [-0.4, -0.2) is 22.6 Å². The summed E-state index contributed by atoms with van der Waals surface area (Å²) >= 11 is 0. The molecule has 0 spiro atoms. The minimum atomic E-state index is -0.502. The molecule has 5 nitrogen and oxygen atoms in total. The molecule has 0 unspecified atom stereocenters. The fourth-order valence-electron chi connectivity index (χ4n) is 1.65. The summed E-state index contributed by atoms with van der Waals surface area (Å²) in [6.07, 6.45) is 1.54. The van der Waals surface area contributed by atoms with Crippen molar-refractivity contribution in [2.45, 2.75) is 6.54 Å². The summed E-state index contributed by atoms with van der Waals surface area (Å²) in [5, 5.41) is 10.2. The second-order valence-corrected chi connectivity index (χ2v) is 4.09. The molecule has 1 aromatic heterocycles. The van der Waals surface area contributed by atoms with Gasteiger partial charge < -0.3 is 11.1 Å². The minimum absolute atomic E-state index is 0.165. The molecule has 0 saturated heterocycles. The topological polar surface area (TPSA) is 80.9 Å². The SMILES string of the molecule is NCC#Cc1ccc(F)cc1C(=O)NCc1cccnn1. The predicted molar refractivity (Wildman–Crippen MR) is 75.5 cm³/mol. The van der Waals surface area contributed by atoms with Crippen LogP contribution >= 0.6 is 0 Å². The van der Waals surface area contributed by atoms with Crippen LogP contribution < -0.4 is 11.1 Å². The fourth-order valence-corrected chi connectivity index (χ4v) is 1.65. The predicted octanol–water partition coefficient (Wildman–Crippen LogP) is 0.856. The van der Waals surface area contributed by atoms with E-state index in [1.165, 1.54) is 12.1 Å². The molecule has 0 bridgehead atoms. The third kappa shape index (κ3) is 4.09. The fraction of sp³-hybridized carbons (Fsp3) is 0.133. The van der Waals surface area contributed by atoms with Crippen LogP contribution in [0.4, 0.5) is 4.39 Å². The van der Waals surface area contributed by atoms with Gasteiger partial charge in [-0.25, -0.2) is 4.39 Å². The van der Waals surface area contributed by atoms with E-state index in [9.17, 15) is 9.18 Å². The second-order valence-electron chi connectivity index (χ2n) is 4.09. The average Bonchev–Trinajstić information content (AvgIpc) is 2.52. The highest BCUT2D eigenvalue weighted by molar-refractivity contribution is 5.96. The van der Waals surface area contributed by atoms with Gasteiger partial charge in [-0.3, -0.25) is 4.79 Å². The number of amides is 1. The van der Waals surface area contributed by atoms with Gasteiger partial charge in [-0.05, 0) is 30.3 Å². The quantitative estimate of drug-likeness (QED) is 0.819. The van der Waals surface area contributed by atoms with E-state index >= 15 is 0 Å². The van der Waals surface area contributed by atoms with Crippen molar-refractivity contribution in [3.63, 3.8) is 0 Å². The molecule has 6 heteroatoms. The molecule has 0 radical (unpaired) electrons. The Bertz CT molecular complexity index is 692. The van der Waals surface area contributed by atoms with Crippen molar-refractivity contribution in [2.24, 2.45) is 5.73 Å². The Morgan fingerprint density at radius 2 is 2.24 bits per heavy atom. The van der Waals surface area contributed by atoms with Crippen LogP contribution in [0.5, 0.6) is 0 Å². The number of benzene rings is 1. The monoisotopic (exact) mass is 284 g/mol. The molecule has 3 N–H and O–H groups in total. The number of nitrogens with one attached hydrogen (secondary N) is 1. The molecule has 1 aromatic carbocycles. The molecule has 106 valence electrons. The Balaban J connectivity index is 2.16. The van der Waals surface area contributed by atoms with Gasteiger partial charge in [-0.1, -0.05) is 11.8 Å². The molecule has 1 heterocycles. The summed E-state index contributed by atoms with van der Waals surface area (Å²) in [6, 6.07) is 7.30. The normalized spacial score (nSPS) is 9.62. The average molecular weight is 284 g/mol. The van der Waals surface area contributed by atoms with Crippen LogP contribution in [-0.2, 0) is 6.54 Å². The lowest BCUT2D eigenvalue weighted by molar-refractivity contribution is 0.0949. The van der Waals surface area contributed by atoms with Gasteiger partial charge in [0, 0.05) is 11.8 Å². The van der Waals surface area contributed by atoms with Crippen molar-refractivity contribution in [1.82, 2.24) is 15.5 Å². The van der Waals surface area contributed by atoms with Crippen molar-refractivity contribution in [3.05, 3.63) is 59.2 Å². The van der Waals surface area contributed by atoms with Crippen molar-refractivity contribution in [2.75, 3.05) is 6.54 Å². The zero-order valence-electron chi connectivity index (χ0n) is 11.1. The van der Waals surface area contributed by atoms with Gasteiger partial charge in [0.2, 0.25) is 0 Å². The zero-order valence-corrected chi connectivity index (χ0v) is 11.1. The Labute approximate surface area is 121 Å². The standard InChI is InChI=1S/C15H13FN4O/c16-12-6-5-11(3-1-7-17)14(9-12)15(21)18-10-13-4-2-8-19-20-13/h2,4-6,8-9H,7,10,17H2,(H,18,21). The van der Waals surface area contributed by atoms with Gasteiger partial charge in [-0.2, -0.15) is 10.2 Å². The van der Waals surface area contributed by atoms with E-state index in [0.29, 0.717) is 11.3 Å². The lowest BCUT2D eigenvalue weighted by Crippen LogP contribution is -2.24. The largest absolute Gasteiger partial charge is 0.346 e. The molecule has 1 amide bonds. The molecule has 0 fully saturated rings. The third-order valence-electron chi connectivity index (χ3n) is 2.61. The van der Waals surface area contributed by atoms with Crippen LogP contribution in [0.2, 0.25) is 0 Å². The van der Waals surface area contributed by atoms with Crippen LogP contribution in [0.25, 0.3) is 0 Å². The zero-order chi connectivity index (χ0) is 15.1. The number of carbonyl (C=O) groups excluding carboxylic acids is 1. The van der Waals surface area contributed by atoms with Crippen LogP contribution in [0, 0.1) is 17.7 Å². The second kappa shape index (κ2) is 7.12. The number of carbonyl (C=O) groups is 1. The maximum atomic E-state index is 13.3. The van der Waals surface area contributed by atoms with E-state index in [0.717, 1.165) is 6.07 Å². The molecule has 0 aliphatic heterocycles. The van der Waals surface area contributed by atoms with E-state index in [-0.39, 0.29) is 18.7 Å². The van der Waals surface area contributed by atoms with E-state index in [1.54, 1.807) is 18.3 Å². The van der Waals surface area contributed by atoms with Gasteiger partial charge in [0.1, 0.15) is 5.82 Å². The van der Waals surface area contributed by atoms with Crippen molar-refractivity contribution in [1.29, 1.82) is 0 Å². The minimum Gasteiger partial charge on any atom is -0.346 e. The maximum Gasteiger partial charge on any atom is 0.252 e. The smallest absolute Gasteiger partial charge is 0.252 e. The summed E-state index contributed by atoms with van der Waals surface area (Å²) in [7, 11) is 0. The Kier molecular flexibility index (Phi) is 4.96. The Morgan fingerprint density at radius 3 is 2.95 bits per heavy atom. The molecular weight excluding hydrogens is 271 g/mol. The molecule has 21 heavy (non-hydrogen) atoms. The lowest BCUT2D eigenvalue weighted by atomic mass is 10.1. The molecule has 0 aliphatic carbocycles. The van der Waals surface area contributed by atoms with Gasteiger partial charge in [0.25, 0.3) is 5.91 Å². The number of hydrogen-bond acceptors (Lipinski definition) is 4. The van der Waals surface area contributed by atoms with Gasteiger partial charge in [0.05, 0.1) is 24.3 Å². The van der Waals surface area contributed by atoms with Crippen molar-refractivity contribution in [3.8, 4) is 11.8 Å². The lowest BCUT2D eigenvalue weighted by Gasteiger charge is -2.06. The molecule has 2 rings (SSSR count). The summed E-state index contributed by atoms with van der Waals surface area (Å²) < 4.78 is 13.3. The Hall–Kier alpha value is -2.78. The highest BCUT2D eigenvalue weighted by atomic mass is 19.1. The molecule has 0 atom stereocenters. The third-order valence-corrected chi connectivity index (χ3v) is 2.61. The van der Waals surface area contributed by atoms with E-state index in [2.05, 4.69) is 27.4 Å². The maximum absolute atomic E-state index is 13.3. The van der Waals surface area contributed by atoms with E-state index in [1.807, 2.05) is 0 Å². The summed E-state index contributed by atoms with van der Waals surface area (Å²) in [5.41, 5.74) is 6.51. The molecular formula is C15H13FN4O. The number of aromatic nitrogens is 2. The van der Waals surface area contributed by atoms with Crippen molar-refractivity contribution >= 4 is 5.91 Å². The number of nitrogens with zero attached hydrogens (tertiary/aromatic N) is 2. The summed E-state index contributed by atoms with van der Waals surface area (Å²) in [6.45, 7) is 0.366. The van der Waals surface area contributed by atoms with Gasteiger partial charge in [0.15, 0.2) is 0 Å². The number of nitrogens with two attached hydrogens (primary N) is 1. The van der Waals surface area contributed by atoms with Gasteiger partial charge in [-0.15, -0.1) is 0 Å². The molecule has 0 saturated carbocycles. The number of halogens is 1. The summed E-state index contributed by atoms with van der Waals surface area (Å²) in [5.74, 6) is 4.46. The first-order valence-electron chi connectivity index (χ1n) is 6.24. The Morgan fingerprint density at radius 1 is 1.38 bits per heavy atom. The van der Waals surface area contributed by atoms with E-state index in [4.69, 9.17) is 5.73 Å². The van der Waals surface area contributed by atoms with Crippen LogP contribution in [0.15, 0.2) is 36.5 Å². The van der Waals surface area contributed by atoms with Gasteiger partial charge >= 0.3 is 0 Å². The number of hydrogen-bond donors (Lipinski definition) is 2. The van der Waals surface area contributed by atoms with E-state index < -0.39 is 11.7 Å². The first-order valence-corrected chi connectivity index (χ1v) is 6.24. The van der Waals surface area contributed by atoms with Crippen LogP contribution in [0.3, 0.4) is 0 Å². The highest BCUT2D eigenvalue weighted by Gasteiger charge is 2.11. The molecule has 2 aromatic rings. The highest BCUT2D eigenvalue weighted by Crippen LogP contribution is 2.10. The van der Waals surface area contributed by atoms with Crippen LogP contribution in [0.1, 0.15) is 21.6 Å². The first kappa shape index (κ1) is 14.6. The number of rotatable bonds is 3. The molecule has 0 aliphatic rings. The summed E-state index contributed by atoms with van der Waals surface area (Å²) in [4.78, 5) is 12.1.